The van der Waals surface area contributed by atoms with Gasteiger partial charge in [0.1, 0.15) is 5.82 Å². The van der Waals surface area contributed by atoms with Crippen molar-refractivity contribution in [3.63, 3.8) is 0 Å². The fourth-order valence-electron chi connectivity index (χ4n) is 4.20. The minimum absolute atomic E-state index is 0.00323. The molecule has 2 aliphatic rings. The first-order chi connectivity index (χ1) is 15.2. The largest absolute Gasteiger partial charge is 0.357 e. The zero-order valence-corrected chi connectivity index (χ0v) is 18.1. The molecule has 31 heavy (non-hydrogen) atoms. The van der Waals surface area contributed by atoms with E-state index in [0.29, 0.717) is 25.5 Å². The highest BCUT2D eigenvalue weighted by Gasteiger charge is 2.26. The molecule has 2 aromatic heterocycles. The van der Waals surface area contributed by atoms with E-state index in [1.807, 2.05) is 11.8 Å². The van der Waals surface area contributed by atoms with E-state index in [1.165, 1.54) is 6.07 Å². The molecule has 9 nitrogen and oxygen atoms in total. The molecule has 0 aromatic carbocycles. The number of aromatic nitrogens is 4. The van der Waals surface area contributed by atoms with Gasteiger partial charge in [0.15, 0.2) is 17.6 Å². The Balaban J connectivity index is 1.29. The van der Waals surface area contributed by atoms with Crippen LogP contribution in [-0.4, -0.2) is 57.5 Å². The minimum Gasteiger partial charge on any atom is -0.357 e. The fraction of sp³-hybridized carbons (Fsp3) is 0.619. The topological polar surface area (TPSA) is 92.4 Å². The lowest BCUT2D eigenvalue weighted by molar-refractivity contribution is 0.509. The molecule has 2 aliphatic heterocycles. The van der Waals surface area contributed by atoms with Crippen LogP contribution in [0.1, 0.15) is 38.4 Å². The van der Waals surface area contributed by atoms with Gasteiger partial charge in [0.2, 0.25) is 0 Å². The second-order valence-corrected chi connectivity index (χ2v) is 8.03. The van der Waals surface area contributed by atoms with Crippen molar-refractivity contribution in [1.82, 2.24) is 30.0 Å². The first-order valence-electron chi connectivity index (χ1n) is 11.2. The van der Waals surface area contributed by atoms with Gasteiger partial charge in [-0.2, -0.15) is 5.10 Å². The molecule has 0 spiro atoms. The number of halogens is 1. The molecule has 0 saturated carbocycles. The van der Waals surface area contributed by atoms with Gasteiger partial charge in [-0.05, 0) is 44.7 Å². The summed E-state index contributed by atoms with van der Waals surface area (Å²) in [5.41, 5.74) is -0.00323. The van der Waals surface area contributed by atoms with Crippen LogP contribution in [-0.2, 0) is 19.5 Å². The van der Waals surface area contributed by atoms with Crippen LogP contribution in [0.15, 0.2) is 28.1 Å². The average Bonchev–Trinajstić information content (AvgIpc) is 3.36. The van der Waals surface area contributed by atoms with Crippen molar-refractivity contribution in [3.05, 3.63) is 40.5 Å². The van der Waals surface area contributed by atoms with Crippen LogP contribution in [0, 0.1) is 5.82 Å². The molecule has 0 radical (unpaired) electrons. The van der Waals surface area contributed by atoms with E-state index < -0.39 is 0 Å². The summed E-state index contributed by atoms with van der Waals surface area (Å²) in [5, 5.41) is 11.2. The summed E-state index contributed by atoms with van der Waals surface area (Å²) in [7, 11) is 0. The first-order valence-corrected chi connectivity index (χ1v) is 11.2. The zero-order valence-electron chi connectivity index (χ0n) is 18.1. The maximum atomic E-state index is 14.0. The average molecular weight is 431 g/mol. The SMILES string of the molecule is CCNC(=NCCCn1nc2n(c1=O)CCCC2)NC1CCN(c2ncccc2F)C1. The highest BCUT2D eigenvalue weighted by Crippen LogP contribution is 2.20. The third kappa shape index (κ3) is 5.05. The number of anilines is 1. The number of pyridine rings is 1. The minimum atomic E-state index is -0.292. The smallest absolute Gasteiger partial charge is 0.345 e. The number of nitrogens with one attached hydrogen (secondary N) is 2. The summed E-state index contributed by atoms with van der Waals surface area (Å²) >= 11 is 0. The Morgan fingerprint density at radius 3 is 3.06 bits per heavy atom. The summed E-state index contributed by atoms with van der Waals surface area (Å²) in [6.07, 6.45) is 6.28. The van der Waals surface area contributed by atoms with E-state index in [1.54, 1.807) is 21.5 Å². The Morgan fingerprint density at radius 1 is 1.35 bits per heavy atom. The highest BCUT2D eigenvalue weighted by atomic mass is 19.1. The molecule has 4 rings (SSSR count). The Hall–Kier alpha value is -2.91. The molecule has 4 heterocycles. The van der Waals surface area contributed by atoms with Crippen LogP contribution in [0.4, 0.5) is 10.2 Å². The lowest BCUT2D eigenvalue weighted by Gasteiger charge is -2.19. The third-order valence-corrected chi connectivity index (χ3v) is 5.74. The summed E-state index contributed by atoms with van der Waals surface area (Å²) in [4.78, 5) is 23.2. The molecule has 1 unspecified atom stereocenters. The number of guanidine groups is 1. The van der Waals surface area contributed by atoms with E-state index in [2.05, 4.69) is 25.7 Å². The van der Waals surface area contributed by atoms with E-state index in [9.17, 15) is 9.18 Å². The molecule has 0 bridgehead atoms. The number of aryl methyl sites for hydroxylation is 2. The number of aliphatic imine (C=N–C) groups is 1. The van der Waals surface area contributed by atoms with Crippen molar-refractivity contribution in [1.29, 1.82) is 0 Å². The van der Waals surface area contributed by atoms with Gasteiger partial charge in [-0.15, -0.1) is 0 Å². The molecule has 1 atom stereocenters. The summed E-state index contributed by atoms with van der Waals surface area (Å²) < 4.78 is 17.4. The molecule has 0 aliphatic carbocycles. The van der Waals surface area contributed by atoms with Crippen molar-refractivity contribution >= 4 is 11.8 Å². The maximum Gasteiger partial charge on any atom is 0.345 e. The third-order valence-electron chi connectivity index (χ3n) is 5.74. The molecule has 168 valence electrons. The number of nitrogens with zero attached hydrogens (tertiary/aromatic N) is 6. The van der Waals surface area contributed by atoms with Gasteiger partial charge in [-0.1, -0.05) is 0 Å². The van der Waals surface area contributed by atoms with Crippen molar-refractivity contribution in [2.75, 3.05) is 31.1 Å². The molecule has 2 aromatic rings. The van der Waals surface area contributed by atoms with Gasteiger partial charge in [0.25, 0.3) is 0 Å². The zero-order chi connectivity index (χ0) is 21.6. The molecule has 0 amide bonds. The van der Waals surface area contributed by atoms with Gasteiger partial charge in [0, 0.05) is 57.9 Å². The Morgan fingerprint density at radius 2 is 2.26 bits per heavy atom. The van der Waals surface area contributed by atoms with Crippen LogP contribution in [0.25, 0.3) is 0 Å². The van der Waals surface area contributed by atoms with E-state index in [-0.39, 0.29) is 17.5 Å². The van der Waals surface area contributed by atoms with Crippen LogP contribution in [0.5, 0.6) is 0 Å². The van der Waals surface area contributed by atoms with Crippen molar-refractivity contribution in [3.8, 4) is 0 Å². The predicted molar refractivity (Wildman–Crippen MR) is 118 cm³/mol. The van der Waals surface area contributed by atoms with Crippen LogP contribution < -0.4 is 21.2 Å². The van der Waals surface area contributed by atoms with Gasteiger partial charge < -0.3 is 15.5 Å². The number of hydrogen-bond acceptors (Lipinski definition) is 5. The number of fused-ring (bicyclic) bond motifs is 1. The van der Waals surface area contributed by atoms with Crippen molar-refractivity contribution < 1.29 is 4.39 Å². The summed E-state index contributed by atoms with van der Waals surface area (Å²) in [6, 6.07) is 3.21. The summed E-state index contributed by atoms with van der Waals surface area (Å²) in [5.74, 6) is 1.76. The van der Waals surface area contributed by atoms with Crippen molar-refractivity contribution in [2.24, 2.45) is 4.99 Å². The van der Waals surface area contributed by atoms with E-state index >= 15 is 0 Å². The Bertz CT molecular complexity index is 969. The highest BCUT2D eigenvalue weighted by molar-refractivity contribution is 5.80. The Kier molecular flexibility index (Phi) is 6.83. The maximum absolute atomic E-state index is 14.0. The monoisotopic (exact) mass is 430 g/mol. The van der Waals surface area contributed by atoms with Crippen LogP contribution >= 0.6 is 0 Å². The normalized spacial score (nSPS) is 18.8. The van der Waals surface area contributed by atoms with Crippen LogP contribution in [0.2, 0.25) is 0 Å². The molecule has 1 saturated heterocycles. The first kappa shape index (κ1) is 21.3. The molecular weight excluding hydrogens is 399 g/mol. The summed E-state index contributed by atoms with van der Waals surface area (Å²) in [6.45, 7) is 6.14. The molecule has 1 fully saturated rings. The predicted octanol–water partition coefficient (Wildman–Crippen LogP) is 1.14. The number of hydrogen-bond donors (Lipinski definition) is 2. The number of rotatable bonds is 7. The van der Waals surface area contributed by atoms with Gasteiger partial charge in [-0.25, -0.2) is 18.9 Å². The Labute approximate surface area is 181 Å². The lowest BCUT2D eigenvalue weighted by atomic mass is 10.2. The van der Waals surface area contributed by atoms with Gasteiger partial charge in [-0.3, -0.25) is 9.56 Å². The fourth-order valence-corrected chi connectivity index (χ4v) is 4.20. The second kappa shape index (κ2) is 9.93. The standard InChI is InChI=1S/C21H31FN8O/c1-2-23-20(26-16-9-14-28(15-16)19-17(22)7-5-10-24-19)25-11-6-13-30-21(31)29-12-4-3-8-18(29)27-30/h5,7,10,16H,2-4,6,8-9,11-15H2,1H3,(H2,23,25,26). The molecule has 2 N–H and O–H groups in total. The quantitative estimate of drug-likeness (QED) is 0.389. The van der Waals surface area contributed by atoms with Crippen LogP contribution in [0.3, 0.4) is 0 Å². The lowest BCUT2D eigenvalue weighted by Crippen LogP contribution is -2.44. The second-order valence-electron chi connectivity index (χ2n) is 8.03. The van der Waals surface area contributed by atoms with Gasteiger partial charge >= 0.3 is 5.69 Å². The van der Waals surface area contributed by atoms with Crippen molar-refractivity contribution in [2.45, 2.75) is 58.2 Å². The molecule has 10 heteroatoms. The van der Waals surface area contributed by atoms with E-state index in [0.717, 1.165) is 63.5 Å². The van der Waals surface area contributed by atoms with E-state index in [4.69, 9.17) is 0 Å². The van der Waals surface area contributed by atoms with Gasteiger partial charge in [0.05, 0.1) is 0 Å². The molecular formula is C21H31FN8O.